The van der Waals surface area contributed by atoms with Crippen LogP contribution in [0.1, 0.15) is 49.9 Å². The molecule has 0 fully saturated rings. The Morgan fingerprint density at radius 1 is 0.341 bits per heavy atom. The molecule has 0 spiro atoms. The van der Waals surface area contributed by atoms with E-state index in [1.165, 1.54) is 77.9 Å². The Labute approximate surface area is 277 Å². The molecule has 0 N–H and O–H groups in total. The lowest BCUT2D eigenvalue weighted by molar-refractivity contribution is 0.660. The molecular formula is C42H32Br2. The van der Waals surface area contributed by atoms with Crippen LogP contribution in [0.15, 0.2) is 130 Å². The Kier molecular flexibility index (Phi) is 6.25. The third kappa shape index (κ3) is 4.22. The monoisotopic (exact) mass is 694 g/mol. The summed E-state index contributed by atoms with van der Waals surface area (Å²) in [6.07, 6.45) is 0. The largest absolute Gasteiger partial charge is 0.0619 e. The highest BCUT2D eigenvalue weighted by Crippen LogP contribution is 2.51. The maximum Gasteiger partial charge on any atom is 0.0187 e. The first-order chi connectivity index (χ1) is 21.1. The topological polar surface area (TPSA) is 0 Å². The van der Waals surface area contributed by atoms with Crippen molar-refractivity contribution in [3.05, 3.63) is 153 Å². The van der Waals surface area contributed by atoms with Crippen molar-refractivity contribution in [3.63, 3.8) is 0 Å². The van der Waals surface area contributed by atoms with Crippen molar-refractivity contribution in [2.75, 3.05) is 0 Å². The normalized spacial score (nSPS) is 15.0. The highest BCUT2D eigenvalue weighted by molar-refractivity contribution is 9.10. The summed E-state index contributed by atoms with van der Waals surface area (Å²) in [5.74, 6) is 0. The van der Waals surface area contributed by atoms with Gasteiger partial charge in [0.25, 0.3) is 0 Å². The molecule has 6 aromatic carbocycles. The van der Waals surface area contributed by atoms with Crippen LogP contribution in [0.3, 0.4) is 0 Å². The molecule has 44 heavy (non-hydrogen) atoms. The van der Waals surface area contributed by atoms with Gasteiger partial charge in [-0.3, -0.25) is 0 Å². The molecule has 2 aliphatic carbocycles. The van der Waals surface area contributed by atoms with Crippen LogP contribution in [-0.2, 0) is 10.8 Å². The van der Waals surface area contributed by atoms with Gasteiger partial charge in [-0.2, -0.15) is 0 Å². The highest BCUT2D eigenvalue weighted by atomic mass is 79.9. The molecule has 214 valence electrons. The fourth-order valence-corrected chi connectivity index (χ4v) is 8.60. The van der Waals surface area contributed by atoms with Gasteiger partial charge in [-0.15, -0.1) is 0 Å². The summed E-state index contributed by atoms with van der Waals surface area (Å²) in [6, 6.07) is 45.2. The fourth-order valence-electron chi connectivity index (χ4n) is 7.61. The van der Waals surface area contributed by atoms with Gasteiger partial charge >= 0.3 is 0 Å². The maximum atomic E-state index is 3.85. The fraction of sp³-hybridized carbons (Fsp3) is 0.143. The number of rotatable bonds is 3. The zero-order valence-electron chi connectivity index (χ0n) is 25.3. The quantitative estimate of drug-likeness (QED) is 0.173. The lowest BCUT2D eigenvalue weighted by atomic mass is 9.81. The molecule has 0 saturated heterocycles. The first-order valence-corrected chi connectivity index (χ1v) is 16.8. The van der Waals surface area contributed by atoms with Crippen molar-refractivity contribution in [3.8, 4) is 55.6 Å². The van der Waals surface area contributed by atoms with E-state index >= 15 is 0 Å². The number of hydrogen-bond acceptors (Lipinski definition) is 0. The van der Waals surface area contributed by atoms with Crippen LogP contribution in [-0.4, -0.2) is 0 Å². The minimum atomic E-state index is -0.0260. The summed E-state index contributed by atoms with van der Waals surface area (Å²) in [5.41, 5.74) is 18.2. The third-order valence-electron chi connectivity index (χ3n) is 9.96. The molecule has 0 unspecified atom stereocenters. The van der Waals surface area contributed by atoms with E-state index < -0.39 is 0 Å². The molecule has 0 heterocycles. The van der Waals surface area contributed by atoms with Gasteiger partial charge < -0.3 is 0 Å². The molecule has 6 aromatic rings. The van der Waals surface area contributed by atoms with Crippen molar-refractivity contribution in [2.24, 2.45) is 0 Å². The van der Waals surface area contributed by atoms with Crippen molar-refractivity contribution < 1.29 is 0 Å². The first kappa shape index (κ1) is 27.8. The summed E-state index contributed by atoms with van der Waals surface area (Å²) in [7, 11) is 0. The van der Waals surface area contributed by atoms with Crippen LogP contribution >= 0.6 is 31.9 Å². The van der Waals surface area contributed by atoms with Crippen LogP contribution in [0.25, 0.3) is 55.6 Å². The van der Waals surface area contributed by atoms with E-state index in [-0.39, 0.29) is 10.8 Å². The Balaban J connectivity index is 1.20. The second-order valence-electron chi connectivity index (χ2n) is 13.3. The average molecular weight is 697 g/mol. The lowest BCUT2D eigenvalue weighted by Gasteiger charge is -2.22. The van der Waals surface area contributed by atoms with E-state index in [2.05, 4.69) is 181 Å². The molecule has 0 atom stereocenters. The molecule has 0 nitrogen and oxygen atoms in total. The van der Waals surface area contributed by atoms with Crippen molar-refractivity contribution in [1.82, 2.24) is 0 Å². The predicted molar refractivity (Wildman–Crippen MR) is 193 cm³/mol. The van der Waals surface area contributed by atoms with Crippen LogP contribution in [0.4, 0.5) is 0 Å². The summed E-state index contributed by atoms with van der Waals surface area (Å²) in [4.78, 5) is 0. The van der Waals surface area contributed by atoms with Gasteiger partial charge in [-0.05, 0) is 126 Å². The Morgan fingerprint density at radius 3 is 1.09 bits per heavy atom. The second-order valence-corrected chi connectivity index (χ2v) is 15.2. The third-order valence-corrected chi connectivity index (χ3v) is 10.9. The summed E-state index contributed by atoms with van der Waals surface area (Å²) in [6.45, 7) is 9.37. The SMILES string of the molecule is CC1(C)c2ccccc2-c2ccc(-c3cc(Br)cc(-c4cc(Br)cc(-c5ccc6c(c5)C(C)(C)c5ccccc5-6)c4)c3)cc21. The minimum Gasteiger partial charge on any atom is -0.0619 e. The van der Waals surface area contributed by atoms with Crippen LogP contribution < -0.4 is 0 Å². The van der Waals surface area contributed by atoms with E-state index in [0.717, 1.165) is 8.95 Å². The molecule has 0 bridgehead atoms. The van der Waals surface area contributed by atoms with Crippen molar-refractivity contribution in [1.29, 1.82) is 0 Å². The smallest absolute Gasteiger partial charge is 0.0187 e. The van der Waals surface area contributed by atoms with Gasteiger partial charge in [0.15, 0.2) is 0 Å². The molecule has 0 saturated carbocycles. The molecular weight excluding hydrogens is 664 g/mol. The molecule has 2 aliphatic rings. The maximum absolute atomic E-state index is 3.85. The molecule has 0 radical (unpaired) electrons. The van der Waals surface area contributed by atoms with Crippen LogP contribution in [0.2, 0.25) is 0 Å². The number of benzene rings is 6. The Morgan fingerprint density at radius 2 is 0.682 bits per heavy atom. The average Bonchev–Trinajstić information content (AvgIpc) is 3.40. The van der Waals surface area contributed by atoms with Gasteiger partial charge in [0.1, 0.15) is 0 Å². The van der Waals surface area contributed by atoms with Crippen LogP contribution in [0.5, 0.6) is 0 Å². The molecule has 2 heteroatoms. The summed E-state index contributed by atoms with van der Waals surface area (Å²) >= 11 is 7.69. The van der Waals surface area contributed by atoms with Gasteiger partial charge in [0.2, 0.25) is 0 Å². The zero-order valence-corrected chi connectivity index (χ0v) is 28.5. The minimum absolute atomic E-state index is 0.0260. The molecule has 0 aromatic heterocycles. The number of fused-ring (bicyclic) bond motifs is 6. The summed E-state index contributed by atoms with van der Waals surface area (Å²) < 4.78 is 2.15. The van der Waals surface area contributed by atoms with Crippen molar-refractivity contribution >= 4 is 31.9 Å². The van der Waals surface area contributed by atoms with E-state index in [4.69, 9.17) is 0 Å². The number of hydrogen-bond donors (Lipinski definition) is 0. The molecule has 0 amide bonds. The van der Waals surface area contributed by atoms with Crippen molar-refractivity contribution in [2.45, 2.75) is 38.5 Å². The van der Waals surface area contributed by atoms with Crippen LogP contribution in [0, 0.1) is 0 Å². The second kappa shape index (κ2) is 9.89. The predicted octanol–water partition coefficient (Wildman–Crippen LogP) is 12.8. The Hall–Kier alpha value is -3.72. The molecule has 0 aliphatic heterocycles. The van der Waals surface area contributed by atoms with Gasteiger partial charge in [-0.25, -0.2) is 0 Å². The van der Waals surface area contributed by atoms with E-state index in [1.54, 1.807) is 0 Å². The zero-order chi connectivity index (χ0) is 30.4. The van der Waals surface area contributed by atoms with E-state index in [9.17, 15) is 0 Å². The van der Waals surface area contributed by atoms with E-state index in [0.29, 0.717) is 0 Å². The highest BCUT2D eigenvalue weighted by Gasteiger charge is 2.36. The lowest BCUT2D eigenvalue weighted by Crippen LogP contribution is -2.14. The van der Waals surface area contributed by atoms with Gasteiger partial charge in [0, 0.05) is 19.8 Å². The number of halogens is 2. The molecule has 8 rings (SSSR count). The van der Waals surface area contributed by atoms with Gasteiger partial charge in [0.05, 0.1) is 0 Å². The first-order valence-electron chi connectivity index (χ1n) is 15.2. The summed E-state index contributed by atoms with van der Waals surface area (Å²) in [5, 5.41) is 0. The van der Waals surface area contributed by atoms with Gasteiger partial charge in [-0.1, -0.05) is 132 Å². The Bertz CT molecular complexity index is 1990. The van der Waals surface area contributed by atoms with E-state index in [1.807, 2.05) is 0 Å². The standard InChI is InChI=1S/C42H32Br2/c1-41(2)37-11-7-5-9-33(37)35-15-13-25(23-39(35)41)27-17-29(21-31(43)19-27)30-18-28(20-32(44)22-30)26-14-16-36-34-10-6-8-12-38(34)42(3,4)40(36)24-26/h5-24H,1-4H3.